The minimum atomic E-state index is -0.0691. The van der Waals surface area contributed by atoms with Gasteiger partial charge in [0, 0.05) is 12.6 Å². The Balaban J connectivity index is 2.64. The molecule has 4 nitrogen and oxygen atoms in total. The fourth-order valence-electron chi connectivity index (χ4n) is 2.29. The van der Waals surface area contributed by atoms with Crippen molar-refractivity contribution in [1.29, 1.82) is 0 Å². The molecule has 1 aromatic rings. The highest BCUT2D eigenvalue weighted by atomic mass is 16.5. The van der Waals surface area contributed by atoms with Crippen LogP contribution in [0.1, 0.15) is 43.4 Å². The summed E-state index contributed by atoms with van der Waals surface area (Å²) in [6.07, 6.45) is 1.87. The second-order valence-electron chi connectivity index (χ2n) is 5.13. The summed E-state index contributed by atoms with van der Waals surface area (Å²) in [6, 6.07) is 4.23. The zero-order valence-electron chi connectivity index (χ0n) is 13.0. The van der Waals surface area contributed by atoms with E-state index in [4.69, 9.17) is 10.5 Å². The molecule has 1 amide bonds. The van der Waals surface area contributed by atoms with Gasteiger partial charge in [-0.3, -0.25) is 4.79 Å². The van der Waals surface area contributed by atoms with E-state index in [0.29, 0.717) is 6.54 Å². The fraction of sp³-hybridized carbons (Fsp3) is 0.562. The Morgan fingerprint density at radius 1 is 1.25 bits per heavy atom. The minimum absolute atomic E-state index is 0.0557. The Kier molecular flexibility index (Phi) is 6.52. The highest BCUT2D eigenvalue weighted by Gasteiger charge is 2.11. The van der Waals surface area contributed by atoms with E-state index in [-0.39, 0.29) is 18.6 Å². The van der Waals surface area contributed by atoms with E-state index in [1.807, 2.05) is 26.0 Å². The van der Waals surface area contributed by atoms with Crippen LogP contribution in [0.15, 0.2) is 12.1 Å². The predicted molar refractivity (Wildman–Crippen MR) is 81.8 cm³/mol. The van der Waals surface area contributed by atoms with Gasteiger partial charge in [-0.2, -0.15) is 0 Å². The molecule has 3 N–H and O–H groups in total. The van der Waals surface area contributed by atoms with Gasteiger partial charge < -0.3 is 15.8 Å². The smallest absolute Gasteiger partial charge is 0.258 e. The molecule has 0 spiro atoms. The van der Waals surface area contributed by atoms with Gasteiger partial charge >= 0.3 is 0 Å². The topological polar surface area (TPSA) is 64.3 Å². The van der Waals surface area contributed by atoms with Crippen molar-refractivity contribution in [1.82, 2.24) is 5.32 Å². The Bertz CT molecular complexity index is 431. The molecule has 0 aliphatic rings. The van der Waals surface area contributed by atoms with Crippen molar-refractivity contribution in [3.63, 3.8) is 0 Å². The van der Waals surface area contributed by atoms with Crippen LogP contribution >= 0.6 is 0 Å². The van der Waals surface area contributed by atoms with E-state index in [0.717, 1.165) is 35.3 Å². The molecular formula is C16H26N2O2. The van der Waals surface area contributed by atoms with E-state index < -0.39 is 0 Å². The standard InChI is InChI=1S/C16H26N2O2/c1-5-14(6-2)18-15(19)10-20-16-11(3)7-13(9-17)8-12(16)4/h7-8,14H,5-6,9-10,17H2,1-4H3,(H,18,19). The van der Waals surface area contributed by atoms with Crippen molar-refractivity contribution >= 4 is 5.91 Å². The van der Waals surface area contributed by atoms with Crippen LogP contribution in [-0.2, 0) is 11.3 Å². The lowest BCUT2D eigenvalue weighted by atomic mass is 10.1. The first kappa shape index (κ1) is 16.5. The third-order valence-electron chi connectivity index (χ3n) is 3.45. The van der Waals surface area contributed by atoms with Gasteiger partial charge in [0.05, 0.1) is 0 Å². The number of ether oxygens (including phenoxy) is 1. The first-order valence-corrected chi connectivity index (χ1v) is 7.24. The number of amides is 1. The summed E-state index contributed by atoms with van der Waals surface area (Å²) in [6.45, 7) is 8.64. The van der Waals surface area contributed by atoms with Gasteiger partial charge in [-0.05, 0) is 43.4 Å². The molecule has 0 aliphatic heterocycles. The summed E-state index contributed by atoms with van der Waals surface area (Å²) < 4.78 is 5.67. The Hall–Kier alpha value is -1.55. The number of aryl methyl sites for hydroxylation is 2. The van der Waals surface area contributed by atoms with Crippen molar-refractivity contribution in [3.05, 3.63) is 28.8 Å². The Labute approximate surface area is 121 Å². The molecule has 0 radical (unpaired) electrons. The molecule has 0 bridgehead atoms. The number of nitrogens with one attached hydrogen (secondary N) is 1. The molecule has 0 saturated carbocycles. The Morgan fingerprint density at radius 3 is 2.25 bits per heavy atom. The van der Waals surface area contributed by atoms with E-state index in [9.17, 15) is 4.79 Å². The maximum absolute atomic E-state index is 11.8. The Morgan fingerprint density at radius 2 is 1.80 bits per heavy atom. The quantitative estimate of drug-likeness (QED) is 0.805. The molecule has 0 aliphatic carbocycles. The number of hydrogen-bond donors (Lipinski definition) is 2. The van der Waals surface area contributed by atoms with Crippen LogP contribution in [-0.4, -0.2) is 18.6 Å². The number of carbonyl (C=O) groups excluding carboxylic acids is 1. The molecule has 4 heteroatoms. The van der Waals surface area contributed by atoms with Crippen LogP contribution < -0.4 is 15.8 Å². The minimum Gasteiger partial charge on any atom is -0.483 e. The van der Waals surface area contributed by atoms with Crippen molar-refractivity contribution < 1.29 is 9.53 Å². The average Bonchev–Trinajstić information content (AvgIpc) is 2.43. The summed E-state index contributed by atoms with van der Waals surface area (Å²) in [5, 5.41) is 2.96. The summed E-state index contributed by atoms with van der Waals surface area (Å²) in [4.78, 5) is 11.8. The second-order valence-corrected chi connectivity index (χ2v) is 5.13. The molecule has 1 rings (SSSR count). The highest BCUT2D eigenvalue weighted by molar-refractivity contribution is 5.77. The monoisotopic (exact) mass is 278 g/mol. The van der Waals surface area contributed by atoms with E-state index in [1.54, 1.807) is 0 Å². The largest absolute Gasteiger partial charge is 0.483 e. The van der Waals surface area contributed by atoms with Gasteiger partial charge in [-0.25, -0.2) is 0 Å². The maximum atomic E-state index is 11.8. The number of benzene rings is 1. The first-order chi connectivity index (χ1) is 9.51. The lowest BCUT2D eigenvalue weighted by molar-refractivity contribution is -0.123. The van der Waals surface area contributed by atoms with Crippen LogP contribution in [0, 0.1) is 13.8 Å². The van der Waals surface area contributed by atoms with Crippen molar-refractivity contribution in [2.75, 3.05) is 6.61 Å². The van der Waals surface area contributed by atoms with Crippen LogP contribution in [0.25, 0.3) is 0 Å². The normalized spacial score (nSPS) is 10.7. The number of nitrogens with two attached hydrogens (primary N) is 1. The van der Waals surface area contributed by atoms with Crippen molar-refractivity contribution in [2.45, 2.75) is 53.1 Å². The zero-order valence-corrected chi connectivity index (χ0v) is 13.0. The molecule has 0 aromatic heterocycles. The molecule has 0 saturated heterocycles. The van der Waals surface area contributed by atoms with Gasteiger partial charge in [0.1, 0.15) is 5.75 Å². The average molecular weight is 278 g/mol. The number of rotatable bonds is 7. The molecule has 1 aromatic carbocycles. The summed E-state index contributed by atoms with van der Waals surface area (Å²) >= 11 is 0. The fourth-order valence-corrected chi connectivity index (χ4v) is 2.29. The highest BCUT2D eigenvalue weighted by Crippen LogP contribution is 2.24. The van der Waals surface area contributed by atoms with Crippen molar-refractivity contribution in [2.24, 2.45) is 5.73 Å². The molecule has 0 fully saturated rings. The summed E-state index contributed by atoms with van der Waals surface area (Å²) in [7, 11) is 0. The molecule has 0 atom stereocenters. The molecule has 0 unspecified atom stereocenters. The lowest BCUT2D eigenvalue weighted by Gasteiger charge is -2.17. The van der Waals surface area contributed by atoms with Gasteiger partial charge in [0.2, 0.25) is 0 Å². The van der Waals surface area contributed by atoms with E-state index in [2.05, 4.69) is 19.2 Å². The van der Waals surface area contributed by atoms with Gasteiger partial charge in [0.15, 0.2) is 6.61 Å². The first-order valence-electron chi connectivity index (χ1n) is 7.24. The lowest BCUT2D eigenvalue weighted by Crippen LogP contribution is -2.37. The van der Waals surface area contributed by atoms with Gasteiger partial charge in [-0.15, -0.1) is 0 Å². The van der Waals surface area contributed by atoms with Gasteiger partial charge in [0.25, 0.3) is 5.91 Å². The predicted octanol–water partition coefficient (Wildman–Crippen LogP) is 2.45. The molecule has 112 valence electrons. The summed E-state index contributed by atoms with van der Waals surface area (Å²) in [5.41, 5.74) is 8.75. The van der Waals surface area contributed by atoms with E-state index in [1.165, 1.54) is 0 Å². The van der Waals surface area contributed by atoms with Crippen LogP contribution in [0.5, 0.6) is 5.75 Å². The number of hydrogen-bond acceptors (Lipinski definition) is 3. The zero-order chi connectivity index (χ0) is 15.1. The third kappa shape index (κ3) is 4.53. The van der Waals surface area contributed by atoms with E-state index >= 15 is 0 Å². The second kappa shape index (κ2) is 7.90. The van der Waals surface area contributed by atoms with Crippen LogP contribution in [0.2, 0.25) is 0 Å². The SMILES string of the molecule is CCC(CC)NC(=O)COc1c(C)cc(CN)cc1C. The molecular weight excluding hydrogens is 252 g/mol. The maximum Gasteiger partial charge on any atom is 0.258 e. The summed E-state index contributed by atoms with van der Waals surface area (Å²) in [5.74, 6) is 0.710. The third-order valence-corrected chi connectivity index (χ3v) is 3.45. The molecule has 0 heterocycles. The molecule has 20 heavy (non-hydrogen) atoms. The van der Waals surface area contributed by atoms with Crippen LogP contribution in [0.3, 0.4) is 0 Å². The van der Waals surface area contributed by atoms with Gasteiger partial charge in [-0.1, -0.05) is 26.0 Å². The van der Waals surface area contributed by atoms with Crippen LogP contribution in [0.4, 0.5) is 0 Å². The number of carbonyl (C=O) groups is 1. The van der Waals surface area contributed by atoms with Crippen molar-refractivity contribution in [3.8, 4) is 5.75 Å².